The van der Waals surface area contributed by atoms with E-state index in [0.29, 0.717) is 0 Å². The van der Waals surface area contributed by atoms with Crippen molar-refractivity contribution in [3.05, 3.63) is 53.1 Å². The molecular weight excluding hydrogens is 224 g/mol. The number of imidazole rings is 1. The molecule has 1 aliphatic carbocycles. The van der Waals surface area contributed by atoms with Gasteiger partial charge in [-0.1, -0.05) is 24.3 Å². The molecule has 0 unspecified atom stereocenters. The second-order valence-electron chi connectivity index (χ2n) is 4.95. The van der Waals surface area contributed by atoms with E-state index in [9.17, 15) is 0 Å². The molecule has 0 saturated carbocycles. The Kier molecular flexibility index (Phi) is 3.15. The Labute approximate surface area is 107 Å². The molecule has 1 aromatic carbocycles. The summed E-state index contributed by atoms with van der Waals surface area (Å²) in [6, 6.07) is 8.14. The van der Waals surface area contributed by atoms with Crippen molar-refractivity contribution in [3.8, 4) is 0 Å². The Bertz CT molecular complexity index is 528. The van der Waals surface area contributed by atoms with Crippen molar-refractivity contribution < 1.29 is 5.11 Å². The maximum absolute atomic E-state index is 9.03. The third-order valence-corrected chi connectivity index (χ3v) is 3.67. The van der Waals surface area contributed by atoms with E-state index in [4.69, 9.17) is 5.11 Å². The predicted octanol–water partition coefficient (Wildman–Crippen LogP) is 2.30. The maximum Gasteiger partial charge on any atom is 0.0954 e. The van der Waals surface area contributed by atoms with Crippen molar-refractivity contribution in [1.29, 1.82) is 0 Å². The zero-order chi connectivity index (χ0) is 12.4. The van der Waals surface area contributed by atoms with Crippen LogP contribution in [-0.2, 0) is 26.0 Å². The van der Waals surface area contributed by atoms with E-state index < -0.39 is 0 Å². The van der Waals surface area contributed by atoms with Crippen molar-refractivity contribution in [3.63, 3.8) is 0 Å². The summed E-state index contributed by atoms with van der Waals surface area (Å²) in [6.07, 6.45) is 6.81. The number of aliphatic hydroxyl groups excluding tert-OH is 1. The van der Waals surface area contributed by atoms with Gasteiger partial charge in [-0.3, -0.25) is 0 Å². The molecule has 1 N–H and O–H groups in total. The number of benzene rings is 1. The van der Waals surface area contributed by atoms with Crippen molar-refractivity contribution >= 4 is 0 Å². The van der Waals surface area contributed by atoms with E-state index in [1.54, 1.807) is 0 Å². The van der Waals surface area contributed by atoms with Crippen LogP contribution in [0.1, 0.15) is 35.4 Å². The summed E-state index contributed by atoms with van der Waals surface area (Å²) in [5, 5.41) is 9.03. The molecule has 0 bridgehead atoms. The van der Waals surface area contributed by atoms with Crippen molar-refractivity contribution in [1.82, 2.24) is 9.55 Å². The molecule has 3 nitrogen and oxygen atoms in total. The van der Waals surface area contributed by atoms with Gasteiger partial charge >= 0.3 is 0 Å². The highest BCUT2D eigenvalue weighted by molar-refractivity contribution is 5.24. The lowest BCUT2D eigenvalue weighted by atomic mass is 10.0. The third kappa shape index (κ3) is 2.18. The van der Waals surface area contributed by atoms with Gasteiger partial charge in [0.15, 0.2) is 0 Å². The number of hydrogen-bond donors (Lipinski definition) is 1. The smallest absolute Gasteiger partial charge is 0.0954 e. The molecule has 3 rings (SSSR count). The van der Waals surface area contributed by atoms with Crippen LogP contribution in [0.25, 0.3) is 0 Å². The van der Waals surface area contributed by atoms with Crippen LogP contribution in [0.15, 0.2) is 30.6 Å². The highest BCUT2D eigenvalue weighted by Crippen LogP contribution is 2.20. The lowest BCUT2D eigenvalue weighted by Crippen LogP contribution is -2.09. The molecule has 3 heteroatoms. The summed E-state index contributed by atoms with van der Waals surface area (Å²) in [7, 11) is 0. The predicted molar refractivity (Wildman–Crippen MR) is 70.3 cm³/mol. The first-order valence-corrected chi connectivity index (χ1v) is 6.58. The van der Waals surface area contributed by atoms with Crippen molar-refractivity contribution in [2.45, 2.75) is 38.8 Å². The molecule has 94 valence electrons. The van der Waals surface area contributed by atoms with Gasteiger partial charge in [0, 0.05) is 12.2 Å². The van der Waals surface area contributed by atoms with Crippen LogP contribution in [0, 0.1) is 0 Å². The van der Waals surface area contributed by atoms with Crippen molar-refractivity contribution in [2.75, 3.05) is 0 Å². The molecule has 1 heterocycles. The van der Waals surface area contributed by atoms with E-state index in [-0.39, 0.29) is 6.61 Å². The fourth-order valence-electron chi connectivity index (χ4n) is 2.61. The Balaban J connectivity index is 1.81. The van der Waals surface area contributed by atoms with Crippen LogP contribution in [-0.4, -0.2) is 14.7 Å². The van der Waals surface area contributed by atoms with Gasteiger partial charge in [-0.2, -0.15) is 0 Å². The second-order valence-corrected chi connectivity index (χ2v) is 4.95. The van der Waals surface area contributed by atoms with E-state index in [1.807, 2.05) is 18.5 Å². The molecule has 0 radical (unpaired) electrons. The van der Waals surface area contributed by atoms with Gasteiger partial charge in [-0.25, -0.2) is 4.98 Å². The molecule has 18 heavy (non-hydrogen) atoms. The molecule has 0 atom stereocenters. The number of fused-ring (bicyclic) bond motifs is 1. The molecule has 0 spiro atoms. The average molecular weight is 242 g/mol. The molecular formula is C15H18N2O. The number of aromatic nitrogens is 2. The number of aryl methyl sites for hydroxylation is 1. The fraction of sp³-hybridized carbons (Fsp3) is 0.400. The summed E-state index contributed by atoms with van der Waals surface area (Å²) in [4.78, 5) is 4.51. The number of rotatable bonds is 3. The van der Waals surface area contributed by atoms with Gasteiger partial charge in [0.05, 0.1) is 18.6 Å². The highest BCUT2D eigenvalue weighted by Gasteiger charge is 2.14. The largest absolute Gasteiger partial charge is 0.392 e. The third-order valence-electron chi connectivity index (χ3n) is 3.67. The van der Waals surface area contributed by atoms with Crippen LogP contribution in [0.2, 0.25) is 0 Å². The quantitative estimate of drug-likeness (QED) is 0.897. The standard InChI is InChI=1S/C15H18N2O/c18-10-13-7-5-12(6-8-13)9-17-11-16-14-3-1-2-4-15(14)17/h5-8,11,18H,1-4,9-10H2. The topological polar surface area (TPSA) is 38.0 Å². The minimum atomic E-state index is 0.112. The van der Waals surface area contributed by atoms with Crippen LogP contribution >= 0.6 is 0 Å². The zero-order valence-electron chi connectivity index (χ0n) is 10.5. The Morgan fingerprint density at radius 2 is 1.78 bits per heavy atom. The Morgan fingerprint density at radius 1 is 1.06 bits per heavy atom. The van der Waals surface area contributed by atoms with Gasteiger partial charge in [0.1, 0.15) is 0 Å². The molecule has 1 aromatic heterocycles. The maximum atomic E-state index is 9.03. The van der Waals surface area contributed by atoms with Crippen LogP contribution in [0.5, 0.6) is 0 Å². The molecule has 2 aromatic rings. The number of hydrogen-bond acceptors (Lipinski definition) is 2. The summed E-state index contributed by atoms with van der Waals surface area (Å²) >= 11 is 0. The van der Waals surface area contributed by atoms with Crippen molar-refractivity contribution in [2.24, 2.45) is 0 Å². The highest BCUT2D eigenvalue weighted by atomic mass is 16.3. The second kappa shape index (κ2) is 4.94. The molecule has 0 saturated heterocycles. The van der Waals surface area contributed by atoms with E-state index >= 15 is 0 Å². The molecule has 0 aliphatic heterocycles. The van der Waals surface area contributed by atoms with Crippen LogP contribution < -0.4 is 0 Å². The van der Waals surface area contributed by atoms with Gasteiger partial charge in [0.2, 0.25) is 0 Å². The first-order chi connectivity index (χ1) is 8.86. The first-order valence-electron chi connectivity index (χ1n) is 6.58. The SMILES string of the molecule is OCc1ccc(Cn2cnc3c2CCCC3)cc1. The minimum absolute atomic E-state index is 0.112. The van der Waals surface area contributed by atoms with Crippen LogP contribution in [0.4, 0.5) is 0 Å². The van der Waals surface area contributed by atoms with Crippen LogP contribution in [0.3, 0.4) is 0 Å². The summed E-state index contributed by atoms with van der Waals surface area (Å²) < 4.78 is 2.27. The van der Waals surface area contributed by atoms with E-state index in [1.165, 1.54) is 29.8 Å². The minimum Gasteiger partial charge on any atom is -0.392 e. The first kappa shape index (κ1) is 11.5. The number of aliphatic hydroxyl groups is 1. The Hall–Kier alpha value is -1.61. The summed E-state index contributed by atoms with van der Waals surface area (Å²) in [5.74, 6) is 0. The zero-order valence-corrected chi connectivity index (χ0v) is 10.5. The Morgan fingerprint density at radius 3 is 2.56 bits per heavy atom. The van der Waals surface area contributed by atoms with E-state index in [2.05, 4.69) is 21.7 Å². The number of nitrogens with zero attached hydrogens (tertiary/aromatic N) is 2. The fourth-order valence-corrected chi connectivity index (χ4v) is 2.61. The average Bonchev–Trinajstić information content (AvgIpc) is 2.83. The molecule has 0 fully saturated rings. The summed E-state index contributed by atoms with van der Waals surface area (Å²) in [6.45, 7) is 0.995. The van der Waals surface area contributed by atoms with Gasteiger partial charge in [-0.15, -0.1) is 0 Å². The normalized spacial score (nSPS) is 14.5. The van der Waals surface area contributed by atoms with Gasteiger partial charge < -0.3 is 9.67 Å². The lowest BCUT2D eigenvalue weighted by molar-refractivity contribution is 0.282. The molecule has 1 aliphatic rings. The summed E-state index contributed by atoms with van der Waals surface area (Å²) in [5.41, 5.74) is 4.92. The van der Waals surface area contributed by atoms with Gasteiger partial charge in [0.25, 0.3) is 0 Å². The molecule has 0 amide bonds. The lowest BCUT2D eigenvalue weighted by Gasteiger charge is -2.14. The van der Waals surface area contributed by atoms with E-state index in [0.717, 1.165) is 24.9 Å². The monoisotopic (exact) mass is 242 g/mol. The van der Waals surface area contributed by atoms with Gasteiger partial charge in [-0.05, 0) is 36.8 Å².